The Morgan fingerprint density at radius 2 is 2.00 bits per heavy atom. The van der Waals surface area contributed by atoms with E-state index in [1.54, 1.807) is 24.3 Å². The lowest BCUT2D eigenvalue weighted by Crippen LogP contribution is -2.00. The summed E-state index contributed by atoms with van der Waals surface area (Å²) < 4.78 is 13.9. The number of rotatable bonds is 2. The van der Waals surface area contributed by atoms with Gasteiger partial charge in [0.1, 0.15) is 11.6 Å². The van der Waals surface area contributed by atoms with Crippen LogP contribution in [0.15, 0.2) is 52.5 Å². The number of phenols is 1. The van der Waals surface area contributed by atoms with Crippen LogP contribution in [-0.2, 0) is 4.79 Å². The van der Waals surface area contributed by atoms with E-state index in [4.69, 9.17) is 4.98 Å². The Hall–Kier alpha value is -2.86. The Morgan fingerprint density at radius 3 is 2.85 bits per heavy atom. The number of imidazole rings is 1. The monoisotopic (exact) mass is 378 g/mol. The molecule has 2 N–H and O–H groups in total. The highest BCUT2D eigenvalue weighted by molar-refractivity contribution is 8.03. The topological polar surface area (TPSA) is 66.0 Å². The average Bonchev–Trinajstić information content (AvgIpc) is 3.05. The van der Waals surface area contributed by atoms with Gasteiger partial charge in [-0.2, -0.15) is 0 Å². The highest BCUT2D eigenvalue weighted by Gasteiger charge is 2.18. The maximum Gasteiger partial charge on any atom is 0.170 e. The number of benzene rings is 3. The molecule has 0 saturated carbocycles. The van der Waals surface area contributed by atoms with Gasteiger partial charge in [0.15, 0.2) is 10.9 Å². The molecule has 0 bridgehead atoms. The van der Waals surface area contributed by atoms with E-state index in [-0.39, 0.29) is 17.3 Å². The van der Waals surface area contributed by atoms with Gasteiger partial charge >= 0.3 is 0 Å². The quantitative estimate of drug-likeness (QED) is 0.456. The molecule has 5 rings (SSSR count). The molecule has 0 radical (unpaired) electrons. The lowest BCUT2D eigenvalue weighted by atomic mass is 9.99. The van der Waals surface area contributed by atoms with Crippen LogP contribution in [-0.4, -0.2) is 20.9 Å². The maximum atomic E-state index is 13.9. The molecule has 0 spiro atoms. The molecule has 1 heterocycles. The van der Waals surface area contributed by atoms with E-state index in [9.17, 15) is 14.3 Å². The summed E-state index contributed by atoms with van der Waals surface area (Å²) in [5, 5.41) is 13.9. The molecule has 0 amide bonds. The van der Waals surface area contributed by atoms with Gasteiger partial charge in [0.05, 0.1) is 11.0 Å². The van der Waals surface area contributed by atoms with Gasteiger partial charge in [0.25, 0.3) is 0 Å². The first-order valence-electron chi connectivity index (χ1n) is 8.74. The normalized spacial score (nSPS) is 15.0. The molecule has 27 heavy (non-hydrogen) atoms. The van der Waals surface area contributed by atoms with E-state index < -0.39 is 0 Å². The van der Waals surface area contributed by atoms with Crippen molar-refractivity contribution in [2.24, 2.45) is 0 Å². The van der Waals surface area contributed by atoms with Crippen LogP contribution in [0.1, 0.15) is 19.3 Å². The molecular formula is C21H15FN2O2S. The number of halogens is 1. The number of phenolic OH excluding ortho intramolecular Hbond substituents is 1. The van der Waals surface area contributed by atoms with Crippen LogP contribution < -0.4 is 0 Å². The van der Waals surface area contributed by atoms with E-state index in [2.05, 4.69) is 4.98 Å². The van der Waals surface area contributed by atoms with Crippen molar-refractivity contribution >= 4 is 50.1 Å². The Morgan fingerprint density at radius 1 is 1.11 bits per heavy atom. The fourth-order valence-corrected chi connectivity index (χ4v) is 4.69. The summed E-state index contributed by atoms with van der Waals surface area (Å²) in [5.74, 6) is -0.106. The minimum Gasteiger partial charge on any atom is -0.507 e. The van der Waals surface area contributed by atoms with Crippen LogP contribution in [0.25, 0.3) is 32.6 Å². The molecule has 0 unspecified atom stereocenters. The Labute approximate surface area is 158 Å². The molecule has 6 heteroatoms. The Bertz CT molecular complexity index is 1280. The summed E-state index contributed by atoms with van der Waals surface area (Å²) >= 11 is 1.46. The fraction of sp³-hybridized carbons (Fsp3) is 0.143. The second-order valence-electron chi connectivity index (χ2n) is 6.69. The molecule has 4 nitrogen and oxygen atoms in total. The molecule has 1 aliphatic carbocycles. The van der Waals surface area contributed by atoms with E-state index in [0.717, 1.165) is 39.6 Å². The number of H-pyrrole nitrogens is 1. The zero-order valence-corrected chi connectivity index (χ0v) is 15.1. The second-order valence-corrected chi connectivity index (χ2v) is 7.80. The van der Waals surface area contributed by atoms with Crippen LogP contribution in [0, 0.1) is 5.82 Å². The number of hydrogen-bond acceptors (Lipinski definition) is 4. The van der Waals surface area contributed by atoms with Crippen molar-refractivity contribution in [2.75, 3.05) is 0 Å². The number of hydrogen-bond donors (Lipinski definition) is 2. The zero-order valence-electron chi connectivity index (χ0n) is 14.3. The van der Waals surface area contributed by atoms with Gasteiger partial charge in [-0.1, -0.05) is 23.9 Å². The molecule has 1 aromatic heterocycles. The second kappa shape index (κ2) is 6.09. The van der Waals surface area contributed by atoms with Crippen LogP contribution in [0.5, 0.6) is 5.75 Å². The van der Waals surface area contributed by atoms with Crippen LogP contribution in [0.3, 0.4) is 0 Å². The third-order valence-electron chi connectivity index (χ3n) is 4.90. The van der Waals surface area contributed by atoms with E-state index in [1.165, 1.54) is 23.9 Å². The molecule has 0 saturated heterocycles. The third kappa shape index (κ3) is 2.68. The van der Waals surface area contributed by atoms with Crippen molar-refractivity contribution in [1.82, 2.24) is 9.97 Å². The minimum atomic E-state index is -0.355. The van der Waals surface area contributed by atoms with Gasteiger partial charge in [-0.15, -0.1) is 0 Å². The highest BCUT2D eigenvalue weighted by atomic mass is 32.2. The van der Waals surface area contributed by atoms with Crippen molar-refractivity contribution < 1.29 is 14.3 Å². The lowest BCUT2D eigenvalue weighted by Gasteiger charge is -2.09. The van der Waals surface area contributed by atoms with Crippen molar-refractivity contribution in [3.8, 4) is 5.75 Å². The lowest BCUT2D eigenvalue weighted by molar-refractivity contribution is -0.115. The molecule has 134 valence electrons. The molecule has 0 fully saturated rings. The minimum absolute atomic E-state index is 0.0998. The molecule has 0 atom stereocenters. The maximum absolute atomic E-state index is 13.9. The number of carbonyl (C=O) groups excluding carboxylic acids is 1. The number of thioether (sulfide) groups is 1. The van der Waals surface area contributed by atoms with Gasteiger partial charge in [0.2, 0.25) is 0 Å². The predicted octanol–water partition coefficient (Wildman–Crippen LogP) is 5.44. The standard InChI is InChI=1S/C21H15FN2O2S/c22-11-7-8-14-16(9-11)18-15(5-2-6-17(18)26)20-19(14)23-21(24-20)27-13-4-1-3-12(25)10-13/h2,5-10,26H,1,3-4H2,(H,23,24). The largest absolute Gasteiger partial charge is 0.507 e. The van der Waals surface area contributed by atoms with Crippen molar-refractivity contribution in [2.45, 2.75) is 24.4 Å². The van der Waals surface area contributed by atoms with Gasteiger partial charge in [-0.05, 0) is 53.5 Å². The number of aromatic nitrogens is 2. The smallest absolute Gasteiger partial charge is 0.170 e. The SMILES string of the molecule is O=C1C=C(Sc2nc3c4cccc(O)c4c4cc(F)ccc4c3[nH]2)CCC1. The third-order valence-corrected chi connectivity index (χ3v) is 5.87. The number of aromatic amines is 1. The summed E-state index contributed by atoms with van der Waals surface area (Å²) in [6.07, 6.45) is 4.01. The van der Waals surface area contributed by atoms with E-state index in [1.807, 2.05) is 6.07 Å². The van der Waals surface area contributed by atoms with Crippen molar-refractivity contribution in [1.29, 1.82) is 0 Å². The number of fused-ring (bicyclic) bond motifs is 6. The zero-order chi connectivity index (χ0) is 18.5. The summed E-state index contributed by atoms with van der Waals surface area (Å²) in [6, 6.07) is 9.77. The number of ketones is 1. The summed E-state index contributed by atoms with van der Waals surface area (Å²) in [7, 11) is 0. The molecule has 4 aromatic rings. The summed E-state index contributed by atoms with van der Waals surface area (Å²) in [4.78, 5) is 20.7. The van der Waals surface area contributed by atoms with Gasteiger partial charge in [-0.25, -0.2) is 9.37 Å². The van der Waals surface area contributed by atoms with Crippen LogP contribution in [0.4, 0.5) is 4.39 Å². The summed E-state index contributed by atoms with van der Waals surface area (Å²) in [5.41, 5.74) is 1.53. The molecule has 3 aromatic carbocycles. The number of nitrogens with zero attached hydrogens (tertiary/aromatic N) is 1. The van der Waals surface area contributed by atoms with Crippen LogP contribution >= 0.6 is 11.8 Å². The fourth-order valence-electron chi connectivity index (χ4n) is 3.72. The highest BCUT2D eigenvalue weighted by Crippen LogP contribution is 2.40. The molecule has 1 aliphatic rings. The average molecular weight is 378 g/mol. The first kappa shape index (κ1) is 16.3. The number of allylic oxidation sites excluding steroid dienone is 2. The number of nitrogens with one attached hydrogen (secondary N) is 1. The van der Waals surface area contributed by atoms with Gasteiger partial charge in [0, 0.05) is 22.6 Å². The summed E-state index contributed by atoms with van der Waals surface area (Å²) in [6.45, 7) is 0. The van der Waals surface area contributed by atoms with E-state index in [0.29, 0.717) is 22.3 Å². The Balaban J connectivity index is 1.79. The van der Waals surface area contributed by atoms with Crippen LogP contribution in [0.2, 0.25) is 0 Å². The predicted molar refractivity (Wildman–Crippen MR) is 106 cm³/mol. The first-order valence-corrected chi connectivity index (χ1v) is 9.56. The van der Waals surface area contributed by atoms with E-state index >= 15 is 0 Å². The Kier molecular flexibility index (Phi) is 3.68. The number of aromatic hydroxyl groups is 1. The van der Waals surface area contributed by atoms with Crippen molar-refractivity contribution in [3.05, 3.63) is 53.2 Å². The molecule has 0 aliphatic heterocycles. The van der Waals surface area contributed by atoms with Gasteiger partial charge in [-0.3, -0.25) is 4.79 Å². The van der Waals surface area contributed by atoms with Gasteiger partial charge < -0.3 is 10.1 Å². The first-order chi connectivity index (χ1) is 13.1. The molecular weight excluding hydrogens is 363 g/mol. The number of carbonyl (C=O) groups is 1. The van der Waals surface area contributed by atoms with Crippen molar-refractivity contribution in [3.63, 3.8) is 0 Å².